The largest absolute Gasteiger partial charge is 0.303 e. The van der Waals surface area contributed by atoms with Crippen LogP contribution in [0.25, 0.3) is 5.69 Å². The lowest BCUT2D eigenvalue weighted by Gasteiger charge is -2.13. The Balaban J connectivity index is 2.02. The summed E-state index contributed by atoms with van der Waals surface area (Å²) >= 11 is 6.21. The van der Waals surface area contributed by atoms with E-state index in [1.54, 1.807) is 6.20 Å². The molecule has 0 radical (unpaired) electrons. The Bertz CT molecular complexity index is 977. The number of hydrogen-bond acceptors (Lipinski definition) is 3. The van der Waals surface area contributed by atoms with Crippen molar-refractivity contribution in [3.63, 3.8) is 0 Å². The lowest BCUT2D eigenvalue weighted by molar-refractivity contribution is 0.819. The van der Waals surface area contributed by atoms with E-state index in [1.807, 2.05) is 53.1 Å². The first-order chi connectivity index (χ1) is 11.2. The molecule has 0 fully saturated rings. The van der Waals surface area contributed by atoms with Crippen LogP contribution in [0.4, 0.5) is 0 Å². The van der Waals surface area contributed by atoms with Gasteiger partial charge in [-0.2, -0.15) is 4.98 Å². The Labute approximate surface area is 137 Å². The monoisotopic (exact) mass is 321 g/mol. The highest BCUT2D eigenvalue weighted by atomic mass is 35.5. The van der Waals surface area contributed by atoms with Crippen LogP contribution in [-0.4, -0.2) is 15.3 Å². The van der Waals surface area contributed by atoms with Gasteiger partial charge in [-0.25, -0.2) is 0 Å². The summed E-state index contributed by atoms with van der Waals surface area (Å²) in [6.45, 7) is 0.340. The van der Waals surface area contributed by atoms with Gasteiger partial charge in [0.05, 0.1) is 17.9 Å². The average Bonchev–Trinajstić information content (AvgIpc) is 2.72. The molecule has 0 amide bonds. The van der Waals surface area contributed by atoms with E-state index >= 15 is 0 Å². The maximum absolute atomic E-state index is 11.6. The summed E-state index contributed by atoms with van der Waals surface area (Å²) in [4.78, 5) is 20.4. The van der Waals surface area contributed by atoms with Gasteiger partial charge >= 0.3 is 0 Å². The molecular formula is C18H12ClN3O. The molecule has 0 spiro atoms. The Morgan fingerprint density at radius 1 is 1.04 bits per heavy atom. The van der Waals surface area contributed by atoms with Crippen LogP contribution in [0.5, 0.6) is 0 Å². The predicted molar refractivity (Wildman–Crippen MR) is 90.6 cm³/mol. The van der Waals surface area contributed by atoms with E-state index < -0.39 is 0 Å². The third-order valence-corrected chi connectivity index (χ3v) is 4.02. The van der Waals surface area contributed by atoms with E-state index in [-0.39, 0.29) is 5.56 Å². The van der Waals surface area contributed by atoms with Crippen LogP contribution in [0.2, 0.25) is 5.02 Å². The second-order valence-electron chi connectivity index (χ2n) is 5.24. The van der Waals surface area contributed by atoms with E-state index in [4.69, 9.17) is 16.6 Å². The SMILES string of the molecule is O=c1ccn2c(n1)CN=C(c1ccccc1)c1cc(Cl)ccc1-2. The number of halogens is 1. The predicted octanol–water partition coefficient (Wildman–Crippen LogP) is 3.24. The molecule has 0 N–H and O–H groups in total. The van der Waals surface area contributed by atoms with Crippen molar-refractivity contribution in [3.05, 3.63) is 93.1 Å². The van der Waals surface area contributed by atoms with Crippen molar-refractivity contribution in [1.82, 2.24) is 9.55 Å². The van der Waals surface area contributed by atoms with Crippen molar-refractivity contribution in [2.75, 3.05) is 0 Å². The zero-order valence-corrected chi connectivity index (χ0v) is 12.9. The Hall–Kier alpha value is -2.72. The molecule has 0 saturated carbocycles. The molecule has 112 valence electrons. The number of aliphatic imine (C=N–C) groups is 1. The lowest BCUT2D eigenvalue weighted by atomic mass is 10.0. The zero-order valence-electron chi connectivity index (χ0n) is 12.1. The molecule has 0 atom stereocenters. The highest BCUT2D eigenvalue weighted by Gasteiger charge is 2.19. The van der Waals surface area contributed by atoms with Gasteiger partial charge in [-0.1, -0.05) is 41.9 Å². The standard InChI is InChI=1S/C18H12ClN3O/c19-13-6-7-15-14(10-13)18(12-4-2-1-3-5-12)20-11-16-21-17(23)8-9-22(15)16/h1-10H,11H2. The minimum absolute atomic E-state index is 0.259. The molecule has 2 heterocycles. The average molecular weight is 322 g/mol. The molecule has 1 aliphatic heterocycles. The molecule has 5 heteroatoms. The molecule has 0 bridgehead atoms. The minimum Gasteiger partial charge on any atom is -0.303 e. The summed E-state index contributed by atoms with van der Waals surface area (Å²) in [5.41, 5.74) is 3.43. The summed E-state index contributed by atoms with van der Waals surface area (Å²) in [5.74, 6) is 0.618. The number of nitrogens with zero attached hydrogens (tertiary/aromatic N) is 3. The first kappa shape index (κ1) is 13.9. The van der Waals surface area contributed by atoms with E-state index in [2.05, 4.69) is 4.98 Å². The molecule has 4 rings (SSSR count). The van der Waals surface area contributed by atoms with Crippen LogP contribution >= 0.6 is 11.6 Å². The first-order valence-electron chi connectivity index (χ1n) is 7.21. The van der Waals surface area contributed by atoms with Gasteiger partial charge in [-0.15, -0.1) is 0 Å². The van der Waals surface area contributed by atoms with Crippen LogP contribution in [-0.2, 0) is 6.54 Å². The quantitative estimate of drug-likeness (QED) is 0.691. The van der Waals surface area contributed by atoms with Gasteiger partial charge in [-0.05, 0) is 18.2 Å². The fourth-order valence-electron chi connectivity index (χ4n) is 2.76. The molecule has 0 saturated heterocycles. The topological polar surface area (TPSA) is 47.2 Å². The Kier molecular flexibility index (Phi) is 3.32. The Morgan fingerprint density at radius 3 is 2.70 bits per heavy atom. The molecule has 4 nitrogen and oxygen atoms in total. The third kappa shape index (κ3) is 2.47. The van der Waals surface area contributed by atoms with E-state index in [9.17, 15) is 4.79 Å². The van der Waals surface area contributed by atoms with E-state index in [1.165, 1.54) is 6.07 Å². The van der Waals surface area contributed by atoms with Gasteiger partial charge < -0.3 is 4.57 Å². The van der Waals surface area contributed by atoms with Crippen LogP contribution in [0.15, 0.2) is 70.6 Å². The smallest absolute Gasteiger partial charge is 0.272 e. The number of rotatable bonds is 1. The number of hydrogen-bond donors (Lipinski definition) is 0. The third-order valence-electron chi connectivity index (χ3n) is 3.78. The van der Waals surface area contributed by atoms with Crippen LogP contribution in [0.1, 0.15) is 17.0 Å². The fourth-order valence-corrected chi connectivity index (χ4v) is 2.93. The molecule has 3 aromatic rings. The molecular weight excluding hydrogens is 310 g/mol. The normalized spacial score (nSPS) is 12.8. The summed E-state index contributed by atoms with van der Waals surface area (Å²) < 4.78 is 1.90. The summed E-state index contributed by atoms with van der Waals surface area (Å²) in [7, 11) is 0. The number of fused-ring (bicyclic) bond motifs is 3. The van der Waals surface area contributed by atoms with Crippen molar-refractivity contribution in [1.29, 1.82) is 0 Å². The second-order valence-corrected chi connectivity index (χ2v) is 5.68. The van der Waals surface area contributed by atoms with Gasteiger partial charge in [0.2, 0.25) is 0 Å². The number of aromatic nitrogens is 2. The highest BCUT2D eigenvalue weighted by Crippen LogP contribution is 2.26. The van der Waals surface area contributed by atoms with E-state index in [0.29, 0.717) is 17.4 Å². The van der Waals surface area contributed by atoms with Gasteiger partial charge in [-0.3, -0.25) is 9.79 Å². The van der Waals surface area contributed by atoms with Crippen LogP contribution in [0.3, 0.4) is 0 Å². The molecule has 23 heavy (non-hydrogen) atoms. The van der Waals surface area contributed by atoms with Gasteiger partial charge in [0, 0.05) is 28.4 Å². The molecule has 1 aliphatic rings. The van der Waals surface area contributed by atoms with Crippen molar-refractivity contribution in [3.8, 4) is 5.69 Å². The summed E-state index contributed by atoms with van der Waals surface area (Å²) in [6, 6.07) is 17.0. The van der Waals surface area contributed by atoms with Crippen LogP contribution in [0, 0.1) is 0 Å². The molecule has 0 aliphatic carbocycles. The van der Waals surface area contributed by atoms with Gasteiger partial charge in [0.15, 0.2) is 0 Å². The number of benzene rings is 2. The first-order valence-corrected chi connectivity index (χ1v) is 7.59. The summed E-state index contributed by atoms with van der Waals surface area (Å²) in [6.07, 6.45) is 1.74. The lowest BCUT2D eigenvalue weighted by Crippen LogP contribution is -2.14. The maximum atomic E-state index is 11.6. The maximum Gasteiger partial charge on any atom is 0.272 e. The minimum atomic E-state index is -0.259. The highest BCUT2D eigenvalue weighted by molar-refractivity contribution is 6.31. The Morgan fingerprint density at radius 2 is 1.87 bits per heavy atom. The van der Waals surface area contributed by atoms with Gasteiger partial charge in [0.1, 0.15) is 5.82 Å². The van der Waals surface area contributed by atoms with Crippen molar-refractivity contribution >= 4 is 17.3 Å². The fraction of sp³-hybridized carbons (Fsp3) is 0.0556. The zero-order chi connectivity index (χ0) is 15.8. The second kappa shape index (κ2) is 5.48. The van der Waals surface area contributed by atoms with Gasteiger partial charge in [0.25, 0.3) is 5.56 Å². The van der Waals surface area contributed by atoms with Crippen molar-refractivity contribution in [2.45, 2.75) is 6.54 Å². The van der Waals surface area contributed by atoms with Crippen LogP contribution < -0.4 is 5.56 Å². The van der Waals surface area contributed by atoms with Crippen molar-refractivity contribution < 1.29 is 0 Å². The summed E-state index contributed by atoms with van der Waals surface area (Å²) in [5, 5.41) is 0.643. The molecule has 2 aromatic carbocycles. The molecule has 0 unspecified atom stereocenters. The van der Waals surface area contributed by atoms with E-state index in [0.717, 1.165) is 22.5 Å². The molecule has 1 aromatic heterocycles. The van der Waals surface area contributed by atoms with Crippen molar-refractivity contribution in [2.24, 2.45) is 4.99 Å².